The smallest absolute Gasteiger partial charge is 0.00133 e. The van der Waals surface area contributed by atoms with Crippen LogP contribution >= 0.6 is 0 Å². The van der Waals surface area contributed by atoms with Gasteiger partial charge in [0.2, 0.25) is 0 Å². The third-order valence-electron chi connectivity index (χ3n) is 6.48. The fraction of sp³-hybridized carbons (Fsp3) is 0.333. The molecular weight excluding hydrogens is 324 g/mol. The molecular formula is C27H28. The minimum atomic E-state index is 0.235. The molecule has 0 N–H and O–H groups in total. The second kappa shape index (κ2) is 5.35. The molecule has 0 bridgehead atoms. The predicted molar refractivity (Wildman–Crippen MR) is 117 cm³/mol. The highest BCUT2D eigenvalue weighted by Gasteiger charge is 2.40. The van der Waals surface area contributed by atoms with E-state index >= 15 is 0 Å². The number of allylic oxidation sites excluding steroid dienone is 3. The van der Waals surface area contributed by atoms with Crippen LogP contribution in [0.25, 0.3) is 23.3 Å². The minimum absolute atomic E-state index is 0.235. The molecule has 0 amide bonds. The van der Waals surface area contributed by atoms with E-state index in [1.807, 2.05) is 0 Å². The fourth-order valence-electron chi connectivity index (χ4n) is 5.81. The highest BCUT2D eigenvalue weighted by Crippen LogP contribution is 2.51. The quantitative estimate of drug-likeness (QED) is 0.643. The molecule has 27 heavy (non-hydrogen) atoms. The van der Waals surface area contributed by atoms with Gasteiger partial charge in [-0.25, -0.2) is 0 Å². The maximum atomic E-state index is 2.54. The molecule has 2 aromatic carbocycles. The Morgan fingerprint density at radius 3 is 2.33 bits per heavy atom. The van der Waals surface area contributed by atoms with Crippen molar-refractivity contribution in [1.29, 1.82) is 0 Å². The van der Waals surface area contributed by atoms with E-state index in [1.54, 1.807) is 11.1 Å². The van der Waals surface area contributed by atoms with Gasteiger partial charge in [0.05, 0.1) is 0 Å². The SMILES string of the molecule is Cc1ccc(C2=Cc3c4c(ccc3=C2)=C2C(=CC(C)(C)CC2(C)C)C4)cc1. The topological polar surface area (TPSA) is 0 Å². The summed E-state index contributed by atoms with van der Waals surface area (Å²) >= 11 is 0. The molecule has 0 heteroatoms. The lowest BCUT2D eigenvalue weighted by Gasteiger charge is -2.40. The summed E-state index contributed by atoms with van der Waals surface area (Å²) in [5.41, 5.74) is 10.6. The Morgan fingerprint density at radius 2 is 1.59 bits per heavy atom. The molecule has 0 aliphatic heterocycles. The van der Waals surface area contributed by atoms with Crippen molar-refractivity contribution in [3.63, 3.8) is 0 Å². The van der Waals surface area contributed by atoms with Gasteiger partial charge in [-0.15, -0.1) is 0 Å². The van der Waals surface area contributed by atoms with Crippen molar-refractivity contribution < 1.29 is 0 Å². The number of hydrogen-bond acceptors (Lipinski definition) is 0. The predicted octanol–water partition coefficient (Wildman–Crippen LogP) is 5.42. The molecule has 3 aliphatic rings. The molecule has 0 aromatic heterocycles. The van der Waals surface area contributed by atoms with Crippen LogP contribution in [0.1, 0.15) is 56.4 Å². The number of benzene rings is 2. The first-order valence-corrected chi connectivity index (χ1v) is 10.1. The zero-order valence-corrected chi connectivity index (χ0v) is 17.1. The largest absolute Gasteiger partial charge is 0.0750 e. The van der Waals surface area contributed by atoms with Crippen LogP contribution in [0.3, 0.4) is 0 Å². The van der Waals surface area contributed by atoms with Gasteiger partial charge in [0.15, 0.2) is 0 Å². The second-order valence-corrected chi connectivity index (χ2v) is 9.98. The van der Waals surface area contributed by atoms with Gasteiger partial charge in [0.25, 0.3) is 0 Å². The van der Waals surface area contributed by atoms with Gasteiger partial charge in [-0.1, -0.05) is 75.7 Å². The Kier molecular flexibility index (Phi) is 3.33. The van der Waals surface area contributed by atoms with Crippen LogP contribution in [0, 0.1) is 17.8 Å². The van der Waals surface area contributed by atoms with Gasteiger partial charge < -0.3 is 0 Å². The summed E-state index contributed by atoms with van der Waals surface area (Å²) in [7, 11) is 0. The summed E-state index contributed by atoms with van der Waals surface area (Å²) in [5, 5.41) is 2.87. The molecule has 0 saturated carbocycles. The lowest BCUT2D eigenvalue weighted by molar-refractivity contribution is 0.292. The van der Waals surface area contributed by atoms with Crippen molar-refractivity contribution in [3.05, 3.63) is 80.7 Å². The Hall–Kier alpha value is -2.34. The molecule has 0 unspecified atom stereocenters. The average Bonchev–Trinajstić information content (AvgIpc) is 3.14. The maximum Gasteiger partial charge on any atom is -0.00133 e. The van der Waals surface area contributed by atoms with Crippen molar-refractivity contribution in [1.82, 2.24) is 0 Å². The van der Waals surface area contributed by atoms with Crippen molar-refractivity contribution in [2.24, 2.45) is 10.8 Å². The zero-order valence-electron chi connectivity index (χ0n) is 17.1. The van der Waals surface area contributed by atoms with E-state index in [4.69, 9.17) is 0 Å². The van der Waals surface area contributed by atoms with Crippen LogP contribution in [0.5, 0.6) is 0 Å². The molecule has 136 valence electrons. The summed E-state index contributed by atoms with van der Waals surface area (Å²) < 4.78 is 0. The molecule has 0 radical (unpaired) electrons. The van der Waals surface area contributed by atoms with Gasteiger partial charge in [0, 0.05) is 0 Å². The van der Waals surface area contributed by atoms with Crippen LogP contribution in [-0.4, -0.2) is 0 Å². The van der Waals surface area contributed by atoms with Gasteiger partial charge in [-0.3, -0.25) is 0 Å². The first kappa shape index (κ1) is 16.8. The van der Waals surface area contributed by atoms with E-state index in [2.05, 4.69) is 89.2 Å². The summed E-state index contributed by atoms with van der Waals surface area (Å²) in [6.45, 7) is 11.8. The number of fused-ring (bicyclic) bond motifs is 4. The van der Waals surface area contributed by atoms with E-state index in [0.717, 1.165) is 6.42 Å². The van der Waals surface area contributed by atoms with Crippen molar-refractivity contribution in [3.8, 4) is 0 Å². The Bertz CT molecular complexity index is 1150. The summed E-state index contributed by atoms with van der Waals surface area (Å²) in [4.78, 5) is 0. The van der Waals surface area contributed by atoms with Crippen LogP contribution < -0.4 is 10.4 Å². The molecule has 0 fully saturated rings. The van der Waals surface area contributed by atoms with E-state index in [-0.39, 0.29) is 10.8 Å². The fourth-order valence-corrected chi connectivity index (χ4v) is 5.81. The highest BCUT2D eigenvalue weighted by molar-refractivity contribution is 6.03. The summed E-state index contributed by atoms with van der Waals surface area (Å²) in [6.07, 6.45) is 9.62. The lowest BCUT2D eigenvalue weighted by Crippen LogP contribution is -2.30. The van der Waals surface area contributed by atoms with Crippen molar-refractivity contribution >= 4 is 23.3 Å². The van der Waals surface area contributed by atoms with Gasteiger partial charge >= 0.3 is 0 Å². The van der Waals surface area contributed by atoms with Crippen LogP contribution in [0.15, 0.2) is 48.0 Å². The summed E-state index contributed by atoms with van der Waals surface area (Å²) in [6, 6.07) is 13.6. The average molecular weight is 353 g/mol. The molecule has 2 aromatic rings. The van der Waals surface area contributed by atoms with Crippen molar-refractivity contribution in [2.75, 3.05) is 0 Å². The van der Waals surface area contributed by atoms with E-state index in [0.29, 0.717) is 0 Å². The number of hydrogen-bond donors (Lipinski definition) is 0. The van der Waals surface area contributed by atoms with Crippen molar-refractivity contribution in [2.45, 2.75) is 47.5 Å². The first-order valence-electron chi connectivity index (χ1n) is 10.1. The third-order valence-corrected chi connectivity index (χ3v) is 6.48. The first-order chi connectivity index (χ1) is 12.7. The Labute approximate surface area is 162 Å². The Balaban J connectivity index is 1.70. The molecule has 0 spiro atoms. The molecule has 0 saturated heterocycles. The molecule has 0 nitrogen and oxygen atoms in total. The van der Waals surface area contributed by atoms with Crippen LogP contribution in [0.2, 0.25) is 0 Å². The molecule has 0 atom stereocenters. The number of rotatable bonds is 1. The van der Waals surface area contributed by atoms with E-state index in [1.165, 1.54) is 44.7 Å². The highest BCUT2D eigenvalue weighted by atomic mass is 14.4. The van der Waals surface area contributed by atoms with E-state index < -0.39 is 0 Å². The number of aryl methyl sites for hydroxylation is 1. The maximum absolute atomic E-state index is 2.54. The third kappa shape index (κ3) is 2.57. The zero-order chi connectivity index (χ0) is 19.0. The standard InChI is InChI=1S/C27H28/c1-17-6-8-18(9-7-17)20-12-19-10-11-22-24(23(19)13-20)14-21-15-26(2,3)16-27(4,5)25(21)22/h6-13,15H,14,16H2,1-5H3. The molecule has 3 aliphatic carbocycles. The van der Waals surface area contributed by atoms with Crippen LogP contribution in [0.4, 0.5) is 0 Å². The van der Waals surface area contributed by atoms with Gasteiger partial charge in [0.1, 0.15) is 0 Å². The second-order valence-electron chi connectivity index (χ2n) is 9.98. The van der Waals surface area contributed by atoms with E-state index in [9.17, 15) is 0 Å². The Morgan fingerprint density at radius 1 is 0.852 bits per heavy atom. The molecule has 0 heterocycles. The van der Waals surface area contributed by atoms with Crippen LogP contribution in [-0.2, 0) is 6.42 Å². The minimum Gasteiger partial charge on any atom is -0.0750 e. The lowest BCUT2D eigenvalue weighted by atomic mass is 9.64. The van der Waals surface area contributed by atoms with Gasteiger partial charge in [-0.2, -0.15) is 0 Å². The molecule has 5 rings (SSSR count). The monoisotopic (exact) mass is 352 g/mol. The van der Waals surface area contributed by atoms with Gasteiger partial charge in [-0.05, 0) is 86.6 Å². The normalized spacial score (nSPS) is 21.0. The summed E-state index contributed by atoms with van der Waals surface area (Å²) in [5.74, 6) is 0.